The second-order valence-corrected chi connectivity index (χ2v) is 23.8. The number of aromatic nitrogens is 2. The van der Waals surface area contributed by atoms with Gasteiger partial charge in [0.25, 0.3) is 0 Å². The van der Waals surface area contributed by atoms with Crippen LogP contribution < -0.4 is 14.5 Å². The van der Waals surface area contributed by atoms with Crippen molar-refractivity contribution in [3.05, 3.63) is 210 Å². The SMILES string of the molecule is [2H]c1c([2H])c([2H])c(-c2c(C)cc(C)c(-c3cc(C(C)(C)C)cc(C(C)(C)C)c3)c2N2[CH-]N(c3[c-]c(Oc4[c-]c5c(cc4)c4c6sc7ccccc7c6ccc4n5-c4cc(C(C)(C)C)ccn4)ccc3)c3ccccc32)c([2H])c1[2H].[Pt]. The summed E-state index contributed by atoms with van der Waals surface area (Å²) in [5, 5.41) is 4.66. The standard InChI is InChI=1S/C68H61N4OS.Pt/c1-42-34-43(2)62(45-35-47(67(6,7)8)37-48(36-45)68(9,10)11)64(61(42)44-20-13-12-14-21-44)71-41-70(55-25-16-17-26-56(55)71)49-22-19-23-50(39-49)73-51-28-29-54-58(40-51)72(60-38-46(32-33-69-60)66(3,4)5)57-31-30-53-52-24-15-18-27-59(52)74-65(53)63(54)57;/h12-38,41H,1-11H3;/q-3;/i12D,13D,14D,20D,21D;. The van der Waals surface area contributed by atoms with Crippen LogP contribution in [0.15, 0.2) is 164 Å². The largest absolute Gasteiger partial charge is 0.509 e. The second-order valence-electron chi connectivity index (χ2n) is 22.8. The molecule has 0 unspecified atom stereocenters. The summed E-state index contributed by atoms with van der Waals surface area (Å²) in [6, 6.07) is 49.9. The van der Waals surface area contributed by atoms with E-state index in [0.717, 1.165) is 61.3 Å². The van der Waals surface area contributed by atoms with Gasteiger partial charge in [0.2, 0.25) is 0 Å². The van der Waals surface area contributed by atoms with Crippen LogP contribution >= 0.6 is 11.3 Å². The van der Waals surface area contributed by atoms with Crippen molar-refractivity contribution in [1.82, 2.24) is 9.55 Å². The number of pyridine rings is 1. The van der Waals surface area contributed by atoms with E-state index in [1.807, 2.05) is 67.5 Å². The van der Waals surface area contributed by atoms with Gasteiger partial charge in [0.15, 0.2) is 0 Å². The average molecular weight is 1180 g/mol. The van der Waals surface area contributed by atoms with Crippen LogP contribution in [0.4, 0.5) is 22.7 Å². The van der Waals surface area contributed by atoms with Crippen LogP contribution in [-0.4, -0.2) is 9.55 Å². The van der Waals surface area contributed by atoms with E-state index < -0.39 is 6.04 Å². The molecule has 0 bridgehead atoms. The van der Waals surface area contributed by atoms with Gasteiger partial charge >= 0.3 is 0 Å². The first-order valence-corrected chi connectivity index (χ1v) is 26.2. The van der Waals surface area contributed by atoms with Gasteiger partial charge in [-0.05, 0) is 111 Å². The van der Waals surface area contributed by atoms with Crippen LogP contribution in [0, 0.1) is 32.6 Å². The number of hydrogen-bond donors (Lipinski definition) is 0. The van der Waals surface area contributed by atoms with E-state index in [2.05, 4.69) is 187 Å². The Kier molecular flexibility index (Phi) is 11.0. The number of ether oxygens (including phenoxy) is 1. The maximum Gasteiger partial charge on any atom is 0.135 e. The van der Waals surface area contributed by atoms with Crippen LogP contribution in [0.2, 0.25) is 0 Å². The quantitative estimate of drug-likeness (QED) is 0.149. The van der Waals surface area contributed by atoms with Crippen molar-refractivity contribution >= 4 is 76.1 Å². The minimum atomic E-state index is -0.434. The van der Waals surface area contributed by atoms with Crippen molar-refractivity contribution in [2.24, 2.45) is 0 Å². The van der Waals surface area contributed by atoms with E-state index in [0.29, 0.717) is 28.4 Å². The van der Waals surface area contributed by atoms with Gasteiger partial charge in [-0.1, -0.05) is 159 Å². The molecule has 0 radical (unpaired) electrons. The molecule has 3 aromatic heterocycles. The second kappa shape index (κ2) is 18.7. The minimum Gasteiger partial charge on any atom is -0.509 e. The third-order valence-corrected chi connectivity index (χ3v) is 15.7. The van der Waals surface area contributed by atoms with Crippen molar-refractivity contribution in [1.29, 1.82) is 0 Å². The summed E-state index contributed by atoms with van der Waals surface area (Å²) in [6.45, 7) is 26.1. The van der Waals surface area contributed by atoms with E-state index in [1.54, 1.807) is 0 Å². The van der Waals surface area contributed by atoms with Gasteiger partial charge in [0, 0.05) is 92.6 Å². The van der Waals surface area contributed by atoms with E-state index in [-0.39, 0.29) is 67.0 Å². The topological polar surface area (TPSA) is 33.5 Å². The maximum absolute atomic E-state index is 9.41. The van der Waals surface area contributed by atoms with Gasteiger partial charge in [-0.25, -0.2) is 4.98 Å². The zero-order chi connectivity index (χ0) is 55.8. The molecule has 378 valence electrons. The molecule has 5 nitrogen and oxygen atoms in total. The Labute approximate surface area is 467 Å². The van der Waals surface area contributed by atoms with E-state index in [9.17, 15) is 2.74 Å². The first kappa shape index (κ1) is 44.3. The molecule has 1 aliphatic rings. The summed E-state index contributed by atoms with van der Waals surface area (Å²) in [5.74, 6) is 1.81. The van der Waals surface area contributed by atoms with Crippen LogP contribution in [-0.2, 0) is 37.3 Å². The van der Waals surface area contributed by atoms with Crippen LogP contribution in [0.25, 0.3) is 70.0 Å². The van der Waals surface area contributed by atoms with Crippen molar-refractivity contribution < 1.29 is 32.7 Å². The molecule has 0 aliphatic carbocycles. The number of nitrogens with zero attached hydrogens (tertiary/aromatic N) is 4. The number of anilines is 4. The molecule has 75 heavy (non-hydrogen) atoms. The van der Waals surface area contributed by atoms with E-state index in [4.69, 9.17) is 13.8 Å². The van der Waals surface area contributed by atoms with Crippen molar-refractivity contribution in [3.8, 4) is 39.6 Å². The summed E-state index contributed by atoms with van der Waals surface area (Å²) in [4.78, 5) is 9.18. The number of hydrogen-bond acceptors (Lipinski definition) is 5. The number of aryl methyl sites for hydroxylation is 2. The Morgan fingerprint density at radius 2 is 1.23 bits per heavy atom. The molecule has 7 heteroatoms. The van der Waals surface area contributed by atoms with Crippen LogP contribution in [0.3, 0.4) is 0 Å². The molecule has 0 fully saturated rings. The van der Waals surface area contributed by atoms with Gasteiger partial charge in [-0.2, -0.15) is 12.1 Å². The fourth-order valence-corrected chi connectivity index (χ4v) is 11.9. The molecule has 12 rings (SSSR count). The first-order valence-electron chi connectivity index (χ1n) is 27.9. The van der Waals surface area contributed by atoms with Crippen molar-refractivity contribution in [2.75, 3.05) is 9.80 Å². The Morgan fingerprint density at radius 3 is 1.93 bits per heavy atom. The number of fused-ring (bicyclic) bond motifs is 8. The fraction of sp³-hybridized carbons (Fsp3) is 0.206. The number of rotatable bonds is 7. The smallest absolute Gasteiger partial charge is 0.135 e. The van der Waals surface area contributed by atoms with E-state index >= 15 is 0 Å². The number of thiophene rings is 1. The molecule has 8 aromatic carbocycles. The molecule has 0 saturated heterocycles. The molecule has 0 N–H and O–H groups in total. The predicted octanol–water partition coefficient (Wildman–Crippen LogP) is 19.2. The van der Waals surface area contributed by atoms with Crippen LogP contribution in [0.1, 0.15) is 97.0 Å². The zero-order valence-electron chi connectivity index (χ0n) is 49.2. The van der Waals surface area contributed by atoms with Crippen molar-refractivity contribution in [3.63, 3.8) is 0 Å². The Bertz CT molecular complexity index is 4270. The van der Waals surface area contributed by atoms with Gasteiger partial charge < -0.3 is 19.1 Å². The maximum atomic E-state index is 9.41. The number of benzene rings is 8. The number of para-hydroxylation sites is 2. The summed E-state index contributed by atoms with van der Waals surface area (Å²) in [6.07, 6.45) is 1.89. The molecule has 4 heterocycles. The summed E-state index contributed by atoms with van der Waals surface area (Å²) in [7, 11) is 0. The predicted molar refractivity (Wildman–Crippen MR) is 314 cm³/mol. The Morgan fingerprint density at radius 1 is 0.587 bits per heavy atom. The summed E-state index contributed by atoms with van der Waals surface area (Å²) < 4.78 is 56.7. The van der Waals surface area contributed by atoms with Gasteiger partial charge in [-0.15, -0.1) is 59.4 Å². The molecule has 0 amide bonds. The normalized spacial score (nSPS) is 14.0. The Balaban J connectivity index is 0.00000675. The Hall–Kier alpha value is -6.98. The molecule has 1 aliphatic heterocycles. The third kappa shape index (κ3) is 8.84. The van der Waals surface area contributed by atoms with E-state index in [1.165, 1.54) is 36.9 Å². The molecular formula is C68H61N4OPtS-3. The van der Waals surface area contributed by atoms with Gasteiger partial charge in [0.1, 0.15) is 5.82 Å². The zero-order valence-corrected chi connectivity index (χ0v) is 47.3. The molecule has 11 aromatic rings. The monoisotopic (exact) mass is 1180 g/mol. The van der Waals surface area contributed by atoms with Gasteiger partial charge in [0.05, 0.1) is 6.85 Å². The molecule has 0 saturated carbocycles. The molecular weight excluding hydrogens is 1120 g/mol. The molecule has 0 atom stereocenters. The van der Waals surface area contributed by atoms with Gasteiger partial charge in [-0.3, -0.25) is 0 Å². The van der Waals surface area contributed by atoms with Crippen molar-refractivity contribution in [2.45, 2.75) is 92.4 Å². The third-order valence-electron chi connectivity index (χ3n) is 14.5. The average Bonchev–Trinajstić information content (AvgIpc) is 4.29. The van der Waals surface area contributed by atoms with Crippen LogP contribution in [0.5, 0.6) is 11.5 Å². The fourth-order valence-electron chi connectivity index (χ4n) is 10.6. The summed E-state index contributed by atoms with van der Waals surface area (Å²) in [5.41, 5.74) is 12.4. The first-order chi connectivity index (χ1) is 37.5. The minimum absolute atomic E-state index is 0. The summed E-state index contributed by atoms with van der Waals surface area (Å²) >= 11 is 1.81. The molecule has 0 spiro atoms.